The first-order valence-electron chi connectivity index (χ1n) is 8.74. The highest BCUT2D eigenvalue weighted by molar-refractivity contribution is 9.10. The van der Waals surface area contributed by atoms with Gasteiger partial charge in [0, 0.05) is 27.3 Å². The third-order valence-corrected chi connectivity index (χ3v) is 5.54. The Morgan fingerprint density at radius 1 is 1.04 bits per heavy atom. The molecule has 5 heteroatoms. The average molecular weight is 444 g/mol. The lowest BCUT2D eigenvalue weighted by molar-refractivity contribution is 0.591. The number of aromatic nitrogens is 1. The molecule has 1 heterocycles. The molecule has 3 rings (SSSR count). The van der Waals surface area contributed by atoms with Gasteiger partial charge in [-0.1, -0.05) is 50.9 Å². The molecule has 0 aliphatic heterocycles. The number of benzene rings is 2. The van der Waals surface area contributed by atoms with Crippen LogP contribution in [0.1, 0.15) is 46.3 Å². The third-order valence-electron chi connectivity index (χ3n) is 4.77. The fourth-order valence-corrected chi connectivity index (χ4v) is 3.90. The minimum Gasteiger partial charge on any atom is -0.262 e. The van der Waals surface area contributed by atoms with Gasteiger partial charge in [-0.2, -0.15) is 4.91 Å². The van der Waals surface area contributed by atoms with Crippen molar-refractivity contribution in [1.82, 2.24) is 4.98 Å². The second-order valence-corrected chi connectivity index (χ2v) is 8.04. The van der Waals surface area contributed by atoms with Gasteiger partial charge >= 0.3 is 0 Å². The highest BCUT2D eigenvalue weighted by Gasteiger charge is 2.23. The normalized spacial score (nSPS) is 13.2. The van der Waals surface area contributed by atoms with Crippen LogP contribution < -0.4 is 0 Å². The van der Waals surface area contributed by atoms with Crippen LogP contribution in [0.2, 0.25) is 5.02 Å². The second-order valence-electron chi connectivity index (χ2n) is 6.69. The van der Waals surface area contributed by atoms with Gasteiger partial charge in [0.2, 0.25) is 0 Å². The zero-order chi connectivity index (χ0) is 19.4. The van der Waals surface area contributed by atoms with Crippen LogP contribution in [-0.2, 0) is 0 Å². The van der Waals surface area contributed by atoms with Crippen molar-refractivity contribution in [2.24, 2.45) is 5.18 Å². The first kappa shape index (κ1) is 19.7. The molecule has 0 spiro atoms. The molecule has 0 saturated heterocycles. The van der Waals surface area contributed by atoms with E-state index in [9.17, 15) is 4.91 Å². The summed E-state index contributed by atoms with van der Waals surface area (Å²) >= 11 is 9.64. The number of nitrogens with zero attached hydrogens (tertiary/aromatic N) is 2. The molecule has 3 aromatic rings. The van der Waals surface area contributed by atoms with E-state index in [4.69, 9.17) is 11.6 Å². The Hall–Kier alpha value is -2.04. The van der Waals surface area contributed by atoms with Crippen LogP contribution in [0.25, 0.3) is 0 Å². The standard InChI is InChI=1S/C22H20BrClN2O/c1-14-11-19(24)7-8-20(14)21(16-3-5-18(23)6-4-16)13-22(26-27)17-9-10-25-15(2)12-17/h3-12,21-22H,13H2,1-2H3. The van der Waals surface area contributed by atoms with Gasteiger partial charge in [0.05, 0.1) is 0 Å². The van der Waals surface area contributed by atoms with Crippen LogP contribution in [-0.4, -0.2) is 4.98 Å². The van der Waals surface area contributed by atoms with E-state index in [0.29, 0.717) is 11.4 Å². The van der Waals surface area contributed by atoms with Crippen molar-refractivity contribution in [2.45, 2.75) is 32.2 Å². The number of hydrogen-bond acceptors (Lipinski definition) is 3. The molecule has 0 fully saturated rings. The van der Waals surface area contributed by atoms with Gasteiger partial charge in [0.25, 0.3) is 0 Å². The first-order chi connectivity index (χ1) is 13.0. The fraction of sp³-hybridized carbons (Fsp3) is 0.227. The highest BCUT2D eigenvalue weighted by Crippen LogP contribution is 2.38. The maximum Gasteiger partial charge on any atom is 0.118 e. The number of halogens is 2. The van der Waals surface area contributed by atoms with Crippen molar-refractivity contribution < 1.29 is 0 Å². The number of hydrogen-bond donors (Lipinski definition) is 0. The average Bonchev–Trinajstić information content (AvgIpc) is 2.64. The second kappa shape index (κ2) is 8.77. The number of pyridine rings is 1. The minimum atomic E-state index is -0.449. The van der Waals surface area contributed by atoms with Crippen LogP contribution in [0.3, 0.4) is 0 Å². The van der Waals surface area contributed by atoms with Gasteiger partial charge in [0.1, 0.15) is 6.04 Å². The monoisotopic (exact) mass is 442 g/mol. The smallest absolute Gasteiger partial charge is 0.118 e. The predicted octanol–water partition coefficient (Wildman–Crippen LogP) is 7.14. The highest BCUT2D eigenvalue weighted by atomic mass is 79.9. The Morgan fingerprint density at radius 2 is 1.78 bits per heavy atom. The zero-order valence-corrected chi connectivity index (χ0v) is 17.5. The van der Waals surface area contributed by atoms with Crippen LogP contribution in [0, 0.1) is 18.8 Å². The Kier molecular flexibility index (Phi) is 6.40. The summed E-state index contributed by atoms with van der Waals surface area (Å²) in [5.74, 6) is 0.0338. The predicted molar refractivity (Wildman–Crippen MR) is 114 cm³/mol. The molecular weight excluding hydrogens is 424 g/mol. The molecule has 0 bridgehead atoms. The summed E-state index contributed by atoms with van der Waals surface area (Å²) in [4.78, 5) is 15.9. The Balaban J connectivity index is 2.03. The van der Waals surface area contributed by atoms with E-state index in [1.807, 2.05) is 56.3 Å². The lowest BCUT2D eigenvalue weighted by atomic mass is 9.82. The fourth-order valence-electron chi connectivity index (χ4n) is 3.41. The summed E-state index contributed by atoms with van der Waals surface area (Å²) in [7, 11) is 0. The lowest BCUT2D eigenvalue weighted by Crippen LogP contribution is -2.09. The Morgan fingerprint density at radius 3 is 2.41 bits per heavy atom. The van der Waals surface area contributed by atoms with Crippen molar-refractivity contribution in [3.05, 3.63) is 103 Å². The number of nitroso groups, excluding NO2 is 1. The molecule has 1 aromatic heterocycles. The molecule has 27 heavy (non-hydrogen) atoms. The summed E-state index contributed by atoms with van der Waals surface area (Å²) in [6.07, 6.45) is 2.31. The van der Waals surface area contributed by atoms with E-state index in [0.717, 1.165) is 32.4 Å². The largest absolute Gasteiger partial charge is 0.262 e. The van der Waals surface area contributed by atoms with Crippen LogP contribution >= 0.6 is 27.5 Å². The topological polar surface area (TPSA) is 42.3 Å². The van der Waals surface area contributed by atoms with Crippen LogP contribution in [0.5, 0.6) is 0 Å². The minimum absolute atomic E-state index is 0.0338. The summed E-state index contributed by atoms with van der Waals surface area (Å²) in [5.41, 5.74) is 5.17. The Bertz CT molecular complexity index is 943. The van der Waals surface area contributed by atoms with E-state index >= 15 is 0 Å². The molecule has 0 aliphatic rings. The molecular formula is C22H20BrClN2O. The van der Waals surface area contributed by atoms with E-state index < -0.39 is 6.04 Å². The molecule has 3 nitrogen and oxygen atoms in total. The molecule has 2 aromatic carbocycles. The van der Waals surface area contributed by atoms with Gasteiger partial charge in [0.15, 0.2) is 0 Å². The zero-order valence-electron chi connectivity index (χ0n) is 15.2. The molecule has 2 unspecified atom stereocenters. The molecule has 2 atom stereocenters. The Labute approximate surface area is 172 Å². The van der Waals surface area contributed by atoms with E-state index in [1.54, 1.807) is 6.20 Å². The summed E-state index contributed by atoms with van der Waals surface area (Å²) in [5, 5.41) is 4.15. The van der Waals surface area contributed by atoms with E-state index in [-0.39, 0.29) is 5.92 Å². The molecule has 0 saturated carbocycles. The molecule has 0 radical (unpaired) electrons. The SMILES string of the molecule is Cc1cc(C(CC(c2ccc(Br)cc2)c2ccc(Cl)cc2C)N=O)ccn1. The van der Waals surface area contributed by atoms with Crippen LogP contribution in [0.15, 0.2) is 70.4 Å². The molecule has 0 amide bonds. The third kappa shape index (κ3) is 4.82. The molecule has 138 valence electrons. The van der Waals surface area contributed by atoms with Gasteiger partial charge < -0.3 is 0 Å². The lowest BCUT2D eigenvalue weighted by Gasteiger charge is -2.23. The van der Waals surface area contributed by atoms with E-state index in [1.165, 1.54) is 0 Å². The first-order valence-corrected chi connectivity index (χ1v) is 9.91. The maximum absolute atomic E-state index is 11.7. The summed E-state index contributed by atoms with van der Waals surface area (Å²) in [6, 6.07) is 17.5. The maximum atomic E-state index is 11.7. The molecule has 0 N–H and O–H groups in total. The quantitative estimate of drug-likeness (QED) is 0.380. The molecule has 0 aliphatic carbocycles. The van der Waals surface area contributed by atoms with Crippen molar-refractivity contribution in [3.8, 4) is 0 Å². The van der Waals surface area contributed by atoms with E-state index in [2.05, 4.69) is 38.2 Å². The van der Waals surface area contributed by atoms with Gasteiger partial charge in [-0.15, -0.1) is 0 Å². The van der Waals surface area contributed by atoms with Gasteiger partial charge in [-0.3, -0.25) is 4.98 Å². The van der Waals surface area contributed by atoms with Crippen molar-refractivity contribution in [3.63, 3.8) is 0 Å². The van der Waals surface area contributed by atoms with Crippen LogP contribution in [0.4, 0.5) is 0 Å². The van der Waals surface area contributed by atoms with Crippen molar-refractivity contribution in [2.75, 3.05) is 0 Å². The van der Waals surface area contributed by atoms with Gasteiger partial charge in [-0.25, -0.2) is 0 Å². The number of rotatable bonds is 6. The van der Waals surface area contributed by atoms with Crippen molar-refractivity contribution >= 4 is 27.5 Å². The summed E-state index contributed by atoms with van der Waals surface area (Å²) < 4.78 is 1.02. The van der Waals surface area contributed by atoms with Gasteiger partial charge in [-0.05, 0) is 78.9 Å². The van der Waals surface area contributed by atoms with Crippen molar-refractivity contribution in [1.29, 1.82) is 0 Å². The summed E-state index contributed by atoms with van der Waals surface area (Å²) in [6.45, 7) is 3.97. The number of aryl methyl sites for hydroxylation is 2.